The van der Waals surface area contributed by atoms with Crippen molar-refractivity contribution in [1.29, 1.82) is 0 Å². The molecule has 0 fully saturated rings. The number of hydrogen-bond donors (Lipinski definition) is 1. The maximum Gasteiger partial charge on any atom is 0.123 e. The topological polar surface area (TPSA) is 37.8 Å². The highest BCUT2D eigenvalue weighted by molar-refractivity contribution is 6.31. The van der Waals surface area contributed by atoms with E-state index in [-0.39, 0.29) is 11.9 Å². The van der Waals surface area contributed by atoms with Gasteiger partial charge in [0, 0.05) is 11.2 Å². The highest BCUT2D eigenvalue weighted by Gasteiger charge is 2.16. The van der Waals surface area contributed by atoms with Gasteiger partial charge in [0.2, 0.25) is 0 Å². The molecule has 0 aliphatic carbocycles. The van der Waals surface area contributed by atoms with Crippen molar-refractivity contribution in [3.63, 3.8) is 0 Å². The van der Waals surface area contributed by atoms with E-state index in [2.05, 4.69) is 15.5 Å². The van der Waals surface area contributed by atoms with Crippen molar-refractivity contribution >= 4 is 11.6 Å². The maximum atomic E-state index is 13.2. The Morgan fingerprint density at radius 2 is 2.12 bits per heavy atom. The van der Waals surface area contributed by atoms with Gasteiger partial charge in [-0.15, -0.1) is 0 Å². The summed E-state index contributed by atoms with van der Waals surface area (Å²) in [5.74, 6) is -0.313. The highest BCUT2D eigenvalue weighted by Crippen LogP contribution is 2.28. The Bertz CT molecular complexity index is 504. The Morgan fingerprint density at radius 3 is 2.76 bits per heavy atom. The zero-order valence-corrected chi connectivity index (χ0v) is 9.95. The van der Waals surface area contributed by atoms with Crippen molar-refractivity contribution in [2.24, 2.45) is 0 Å². The van der Waals surface area contributed by atoms with Crippen molar-refractivity contribution in [1.82, 2.24) is 15.5 Å². The van der Waals surface area contributed by atoms with Crippen LogP contribution in [0, 0.1) is 5.82 Å². The predicted octanol–water partition coefficient (Wildman–Crippen LogP) is 2.58. The minimum absolute atomic E-state index is 0.200. The lowest BCUT2D eigenvalue weighted by molar-refractivity contribution is 0.616. The van der Waals surface area contributed by atoms with Gasteiger partial charge in [-0.2, -0.15) is 10.2 Å². The van der Waals surface area contributed by atoms with Gasteiger partial charge in [0.15, 0.2) is 0 Å². The molecule has 2 aromatic rings. The summed E-state index contributed by atoms with van der Waals surface area (Å²) in [5.41, 5.74) is 1.57. The average molecular weight is 252 g/mol. The van der Waals surface area contributed by atoms with Crippen LogP contribution >= 0.6 is 11.6 Å². The summed E-state index contributed by atoms with van der Waals surface area (Å²) in [5, 5.41) is 11.1. The lowest BCUT2D eigenvalue weighted by atomic mass is 10.0. The number of aromatic nitrogens is 2. The fraction of sp³-hybridized carbons (Fsp3) is 0.167. The van der Waals surface area contributed by atoms with Crippen LogP contribution < -0.4 is 5.32 Å². The Kier molecular flexibility index (Phi) is 3.66. The third-order valence-corrected chi connectivity index (χ3v) is 2.84. The number of nitrogens with zero attached hydrogens (tertiary/aromatic N) is 2. The molecule has 0 aliphatic rings. The smallest absolute Gasteiger partial charge is 0.123 e. The summed E-state index contributed by atoms with van der Waals surface area (Å²) in [4.78, 5) is 0. The van der Waals surface area contributed by atoms with Crippen LogP contribution in [-0.4, -0.2) is 17.2 Å². The van der Waals surface area contributed by atoms with Gasteiger partial charge >= 0.3 is 0 Å². The standard InChI is InChI=1S/C12H11ClFN3/c1-15-12(8-4-5-16-17-7-8)10-6-9(14)2-3-11(10)13/h2-7,12,15H,1H3. The molecule has 2 rings (SSSR count). The van der Waals surface area contributed by atoms with Gasteiger partial charge in [-0.3, -0.25) is 0 Å². The van der Waals surface area contributed by atoms with Gasteiger partial charge in [0.25, 0.3) is 0 Å². The third kappa shape index (κ3) is 2.60. The zero-order valence-electron chi connectivity index (χ0n) is 9.19. The van der Waals surface area contributed by atoms with E-state index in [9.17, 15) is 4.39 Å². The Balaban J connectivity index is 2.46. The second kappa shape index (κ2) is 5.21. The normalized spacial score (nSPS) is 12.4. The molecule has 0 saturated carbocycles. The van der Waals surface area contributed by atoms with Crippen molar-refractivity contribution < 1.29 is 4.39 Å². The van der Waals surface area contributed by atoms with Crippen LogP contribution in [0.25, 0.3) is 0 Å². The van der Waals surface area contributed by atoms with Gasteiger partial charge in [-0.1, -0.05) is 11.6 Å². The van der Waals surface area contributed by atoms with Crippen molar-refractivity contribution in [2.75, 3.05) is 7.05 Å². The molecule has 88 valence electrons. The van der Waals surface area contributed by atoms with Crippen LogP contribution in [0.3, 0.4) is 0 Å². The van der Waals surface area contributed by atoms with Crippen molar-refractivity contribution in [2.45, 2.75) is 6.04 Å². The summed E-state index contributed by atoms with van der Waals surface area (Å²) in [7, 11) is 1.78. The first-order chi connectivity index (χ1) is 8.22. The third-order valence-electron chi connectivity index (χ3n) is 2.50. The van der Waals surface area contributed by atoms with Crippen LogP contribution in [0.2, 0.25) is 5.02 Å². The Morgan fingerprint density at radius 1 is 1.29 bits per heavy atom. The predicted molar refractivity (Wildman–Crippen MR) is 64.3 cm³/mol. The Labute approximate surface area is 104 Å². The first kappa shape index (κ1) is 12.0. The van der Waals surface area contributed by atoms with Crippen LogP contribution in [0.15, 0.2) is 36.7 Å². The molecule has 5 heteroatoms. The van der Waals surface area contributed by atoms with E-state index >= 15 is 0 Å². The lowest BCUT2D eigenvalue weighted by Crippen LogP contribution is -2.18. The van der Waals surface area contributed by atoms with Crippen molar-refractivity contribution in [3.8, 4) is 0 Å². The first-order valence-electron chi connectivity index (χ1n) is 5.11. The number of rotatable bonds is 3. The molecule has 0 amide bonds. The van der Waals surface area contributed by atoms with E-state index < -0.39 is 0 Å². The molecule has 0 radical (unpaired) electrons. The first-order valence-corrected chi connectivity index (χ1v) is 5.49. The van der Waals surface area contributed by atoms with Gasteiger partial charge < -0.3 is 5.32 Å². The molecule has 1 aromatic heterocycles. The van der Waals surface area contributed by atoms with E-state index in [4.69, 9.17) is 11.6 Å². The summed E-state index contributed by atoms with van der Waals surface area (Å²) in [6.07, 6.45) is 3.22. The minimum atomic E-state index is -0.313. The van der Waals surface area contributed by atoms with Crippen LogP contribution in [0.5, 0.6) is 0 Å². The zero-order chi connectivity index (χ0) is 12.3. The van der Waals surface area contributed by atoms with E-state index in [1.54, 1.807) is 25.5 Å². The van der Waals surface area contributed by atoms with Crippen molar-refractivity contribution in [3.05, 3.63) is 58.6 Å². The van der Waals surface area contributed by atoms with E-state index in [0.29, 0.717) is 10.6 Å². The molecule has 0 saturated heterocycles. The fourth-order valence-corrected chi connectivity index (χ4v) is 1.94. The second-order valence-corrected chi connectivity index (χ2v) is 3.97. The molecule has 17 heavy (non-hydrogen) atoms. The monoisotopic (exact) mass is 251 g/mol. The van der Waals surface area contributed by atoms with Gasteiger partial charge in [-0.25, -0.2) is 4.39 Å². The molecular formula is C12H11ClFN3. The van der Waals surface area contributed by atoms with Gasteiger partial charge in [-0.05, 0) is 42.4 Å². The number of hydrogen-bond acceptors (Lipinski definition) is 3. The van der Waals surface area contributed by atoms with E-state index in [0.717, 1.165) is 5.56 Å². The summed E-state index contributed by atoms with van der Waals surface area (Å²) in [6.45, 7) is 0. The largest absolute Gasteiger partial charge is 0.309 e. The van der Waals surface area contributed by atoms with Gasteiger partial charge in [0.05, 0.1) is 12.2 Å². The number of nitrogens with one attached hydrogen (secondary N) is 1. The average Bonchev–Trinajstić information content (AvgIpc) is 2.36. The number of benzene rings is 1. The summed E-state index contributed by atoms with van der Waals surface area (Å²) in [6, 6.07) is 5.92. The molecular weight excluding hydrogens is 241 g/mol. The van der Waals surface area contributed by atoms with Crippen LogP contribution in [-0.2, 0) is 0 Å². The minimum Gasteiger partial charge on any atom is -0.309 e. The molecule has 1 N–H and O–H groups in total. The van der Waals surface area contributed by atoms with Crippen LogP contribution in [0.4, 0.5) is 4.39 Å². The molecule has 0 spiro atoms. The second-order valence-electron chi connectivity index (χ2n) is 3.56. The summed E-state index contributed by atoms with van der Waals surface area (Å²) >= 11 is 6.08. The van der Waals surface area contributed by atoms with Gasteiger partial charge in [0.1, 0.15) is 5.82 Å². The van der Waals surface area contributed by atoms with E-state index in [1.165, 1.54) is 12.1 Å². The summed E-state index contributed by atoms with van der Waals surface area (Å²) < 4.78 is 13.2. The molecule has 1 atom stereocenters. The quantitative estimate of drug-likeness (QED) is 0.911. The molecule has 1 aromatic carbocycles. The maximum absolute atomic E-state index is 13.2. The van der Waals surface area contributed by atoms with E-state index in [1.807, 2.05) is 6.07 Å². The molecule has 1 heterocycles. The fourth-order valence-electron chi connectivity index (χ4n) is 1.71. The molecule has 1 unspecified atom stereocenters. The van der Waals surface area contributed by atoms with Crippen LogP contribution in [0.1, 0.15) is 17.2 Å². The highest BCUT2D eigenvalue weighted by atomic mass is 35.5. The molecule has 3 nitrogen and oxygen atoms in total. The Hall–Kier alpha value is -1.52. The number of halogens is 2. The molecule has 0 bridgehead atoms. The molecule has 0 aliphatic heterocycles. The lowest BCUT2D eigenvalue weighted by Gasteiger charge is -2.17. The SMILES string of the molecule is CNC(c1ccnnc1)c1cc(F)ccc1Cl.